The van der Waals surface area contributed by atoms with Gasteiger partial charge >= 0.3 is 0 Å². The molecule has 13 heavy (non-hydrogen) atoms. The molecule has 0 heterocycles. The number of aliphatic hydroxyl groups excluding tert-OH is 1. The standard InChI is InChI=1S/C5H12O2.2CHNO/c1-2-3-4-5(6)7;2*2-1-3/h5-7H,2-4H2,1H3;2*2H. The molecule has 0 bridgehead atoms. The third-order valence-electron chi connectivity index (χ3n) is 0.816. The van der Waals surface area contributed by atoms with Crippen molar-refractivity contribution < 1.29 is 19.8 Å². The van der Waals surface area contributed by atoms with Crippen molar-refractivity contribution in [1.29, 1.82) is 10.8 Å². The summed E-state index contributed by atoms with van der Waals surface area (Å²) in [5.74, 6) is 0. The number of carbonyl (C=O) groups excluding carboxylic acids is 2. The average Bonchev–Trinajstić information content (AvgIpc) is 2.04. The summed E-state index contributed by atoms with van der Waals surface area (Å²) in [6.07, 6.45) is 2.84. The number of hydrogen-bond acceptors (Lipinski definition) is 6. The molecule has 0 atom stereocenters. The number of isocyanates is 2. The molecule has 0 aliphatic rings. The van der Waals surface area contributed by atoms with Gasteiger partial charge in [0, 0.05) is 0 Å². The summed E-state index contributed by atoms with van der Waals surface area (Å²) in [4.78, 5) is 16.7. The molecule has 0 rings (SSSR count). The number of nitrogens with one attached hydrogen (secondary N) is 2. The van der Waals surface area contributed by atoms with Gasteiger partial charge in [0.05, 0.1) is 0 Å². The summed E-state index contributed by atoms with van der Waals surface area (Å²) in [6.45, 7) is 2.02. The van der Waals surface area contributed by atoms with E-state index in [0.29, 0.717) is 6.42 Å². The second kappa shape index (κ2) is 22.4. The van der Waals surface area contributed by atoms with Gasteiger partial charge in [0.15, 0.2) is 6.29 Å². The van der Waals surface area contributed by atoms with Crippen LogP contribution in [-0.4, -0.2) is 28.7 Å². The molecular formula is C7H14N2O4. The van der Waals surface area contributed by atoms with Gasteiger partial charge in [0.2, 0.25) is 12.2 Å². The summed E-state index contributed by atoms with van der Waals surface area (Å²) < 4.78 is 0. The fraction of sp³-hybridized carbons (Fsp3) is 0.714. The van der Waals surface area contributed by atoms with Gasteiger partial charge < -0.3 is 10.2 Å². The minimum Gasteiger partial charge on any atom is -0.368 e. The van der Waals surface area contributed by atoms with Gasteiger partial charge in [-0.3, -0.25) is 0 Å². The lowest BCUT2D eigenvalue weighted by atomic mass is 10.2. The predicted molar refractivity (Wildman–Crippen MR) is 44.6 cm³/mol. The van der Waals surface area contributed by atoms with Gasteiger partial charge in [-0.2, -0.15) is 0 Å². The van der Waals surface area contributed by atoms with Gasteiger partial charge in [-0.05, 0) is 12.8 Å². The highest BCUT2D eigenvalue weighted by Gasteiger charge is 1.92. The van der Waals surface area contributed by atoms with Crippen molar-refractivity contribution in [1.82, 2.24) is 0 Å². The highest BCUT2D eigenvalue weighted by molar-refractivity contribution is 5.26. The van der Waals surface area contributed by atoms with Crippen molar-refractivity contribution in [3.8, 4) is 0 Å². The van der Waals surface area contributed by atoms with Crippen molar-refractivity contribution in [2.45, 2.75) is 32.5 Å². The lowest BCUT2D eigenvalue weighted by molar-refractivity contribution is -0.0463. The average molecular weight is 190 g/mol. The summed E-state index contributed by atoms with van der Waals surface area (Å²) in [5, 5.41) is 27.3. The van der Waals surface area contributed by atoms with Crippen molar-refractivity contribution >= 4 is 12.2 Å². The Hall–Kier alpha value is -1.32. The minimum atomic E-state index is -1.10. The van der Waals surface area contributed by atoms with E-state index in [2.05, 4.69) is 0 Å². The van der Waals surface area contributed by atoms with Crippen LogP contribution in [-0.2, 0) is 9.59 Å². The lowest BCUT2D eigenvalue weighted by Crippen LogP contribution is -2.02. The van der Waals surface area contributed by atoms with Crippen LogP contribution in [0.15, 0.2) is 0 Å². The van der Waals surface area contributed by atoms with Crippen molar-refractivity contribution in [2.75, 3.05) is 0 Å². The normalized spacial score (nSPS) is 6.77. The minimum absolute atomic E-state index is 0.510. The molecule has 0 saturated heterocycles. The Labute approximate surface area is 76.2 Å². The predicted octanol–water partition coefficient (Wildman–Crippen LogP) is 0.289. The summed E-state index contributed by atoms with van der Waals surface area (Å²) in [7, 11) is 0. The number of rotatable bonds is 3. The highest BCUT2D eigenvalue weighted by atomic mass is 16.5. The van der Waals surface area contributed by atoms with E-state index >= 15 is 0 Å². The maximum atomic E-state index is 8.35. The summed E-state index contributed by atoms with van der Waals surface area (Å²) in [5.41, 5.74) is 0. The van der Waals surface area contributed by atoms with Gasteiger partial charge in [0.1, 0.15) is 0 Å². The van der Waals surface area contributed by atoms with Crippen LogP contribution in [0.2, 0.25) is 0 Å². The van der Waals surface area contributed by atoms with E-state index in [4.69, 9.17) is 30.6 Å². The molecule has 0 amide bonds. The smallest absolute Gasteiger partial charge is 0.231 e. The Morgan fingerprint density at radius 1 is 1.23 bits per heavy atom. The Balaban J connectivity index is -0.000000140. The number of hydrogen-bond donors (Lipinski definition) is 4. The lowest BCUT2D eigenvalue weighted by Gasteiger charge is -1.97. The molecule has 6 heteroatoms. The van der Waals surface area contributed by atoms with E-state index in [1.807, 2.05) is 6.92 Å². The zero-order valence-electron chi connectivity index (χ0n) is 7.41. The first-order valence-electron chi connectivity index (χ1n) is 3.54. The highest BCUT2D eigenvalue weighted by Crippen LogP contribution is 1.95. The summed E-state index contributed by atoms with van der Waals surface area (Å²) in [6, 6.07) is 0. The molecule has 0 aliphatic carbocycles. The fourth-order valence-electron chi connectivity index (χ4n) is 0.387. The second-order valence-electron chi connectivity index (χ2n) is 1.83. The quantitative estimate of drug-likeness (QED) is 0.290. The molecule has 0 fully saturated rings. The molecule has 0 unspecified atom stereocenters. The molecular weight excluding hydrogens is 176 g/mol. The summed E-state index contributed by atoms with van der Waals surface area (Å²) >= 11 is 0. The van der Waals surface area contributed by atoms with Crippen LogP contribution in [0.4, 0.5) is 0 Å². The first kappa shape index (κ1) is 17.7. The molecule has 0 aromatic carbocycles. The van der Waals surface area contributed by atoms with Crippen LogP contribution in [0.25, 0.3) is 0 Å². The van der Waals surface area contributed by atoms with E-state index in [0.717, 1.165) is 25.0 Å². The van der Waals surface area contributed by atoms with Crippen LogP contribution in [0.5, 0.6) is 0 Å². The maximum Gasteiger partial charge on any atom is 0.231 e. The zero-order chi connectivity index (χ0) is 11.1. The second-order valence-corrected chi connectivity index (χ2v) is 1.83. The van der Waals surface area contributed by atoms with E-state index in [1.54, 1.807) is 0 Å². The van der Waals surface area contributed by atoms with Crippen LogP contribution >= 0.6 is 0 Å². The van der Waals surface area contributed by atoms with Crippen LogP contribution in [0.3, 0.4) is 0 Å². The Morgan fingerprint density at radius 2 is 1.54 bits per heavy atom. The molecule has 4 N–H and O–H groups in total. The molecule has 0 aromatic heterocycles. The van der Waals surface area contributed by atoms with Gasteiger partial charge in [-0.1, -0.05) is 13.3 Å². The topological polar surface area (TPSA) is 122 Å². The van der Waals surface area contributed by atoms with Gasteiger partial charge in [-0.15, -0.1) is 0 Å². The Bertz CT molecular complexity index is 135. The Kier molecular flexibility index (Phi) is 30.5. The molecule has 6 nitrogen and oxygen atoms in total. The SMILES string of the molecule is CCCCC(O)O.N=C=O.N=C=O. The maximum absolute atomic E-state index is 8.35. The molecule has 0 radical (unpaired) electrons. The van der Waals surface area contributed by atoms with Crippen LogP contribution < -0.4 is 0 Å². The van der Waals surface area contributed by atoms with E-state index in [-0.39, 0.29) is 0 Å². The van der Waals surface area contributed by atoms with E-state index in [1.165, 1.54) is 0 Å². The molecule has 0 spiro atoms. The first-order valence-corrected chi connectivity index (χ1v) is 3.54. The fourth-order valence-corrected chi connectivity index (χ4v) is 0.387. The Morgan fingerprint density at radius 3 is 1.62 bits per heavy atom. The van der Waals surface area contributed by atoms with Gasteiger partial charge in [0.25, 0.3) is 0 Å². The first-order chi connectivity index (χ1) is 6.10. The van der Waals surface area contributed by atoms with Crippen molar-refractivity contribution in [2.24, 2.45) is 0 Å². The molecule has 0 saturated carbocycles. The van der Waals surface area contributed by atoms with E-state index < -0.39 is 6.29 Å². The molecule has 0 aromatic rings. The third-order valence-corrected chi connectivity index (χ3v) is 0.816. The van der Waals surface area contributed by atoms with E-state index in [9.17, 15) is 0 Å². The van der Waals surface area contributed by atoms with Crippen LogP contribution in [0, 0.1) is 10.8 Å². The largest absolute Gasteiger partial charge is 0.368 e. The monoisotopic (exact) mass is 190 g/mol. The molecule has 0 aliphatic heterocycles. The number of aliphatic hydroxyl groups is 2. The zero-order valence-corrected chi connectivity index (χ0v) is 7.41. The van der Waals surface area contributed by atoms with Crippen LogP contribution in [0.1, 0.15) is 26.2 Å². The number of unbranched alkanes of at least 4 members (excludes halogenated alkanes) is 1. The van der Waals surface area contributed by atoms with Crippen molar-refractivity contribution in [3.05, 3.63) is 0 Å². The third kappa shape index (κ3) is 112. The molecule has 76 valence electrons. The van der Waals surface area contributed by atoms with Crippen molar-refractivity contribution in [3.63, 3.8) is 0 Å². The van der Waals surface area contributed by atoms with Gasteiger partial charge in [-0.25, -0.2) is 20.4 Å².